The fourth-order valence-electron chi connectivity index (χ4n) is 5.07. The van der Waals surface area contributed by atoms with Gasteiger partial charge in [-0.1, -0.05) is 35.9 Å². The molecule has 226 valence electrons. The summed E-state index contributed by atoms with van der Waals surface area (Å²) in [5.41, 5.74) is 4.28. The Labute approximate surface area is 252 Å². The van der Waals surface area contributed by atoms with Gasteiger partial charge in [-0.2, -0.15) is 0 Å². The summed E-state index contributed by atoms with van der Waals surface area (Å²) < 4.78 is 29.6. The summed E-state index contributed by atoms with van der Waals surface area (Å²) in [5.74, 6) is 3.12. The van der Waals surface area contributed by atoms with Crippen molar-refractivity contribution in [1.82, 2.24) is 5.32 Å². The van der Waals surface area contributed by atoms with Gasteiger partial charge < -0.3 is 39.2 Å². The predicted molar refractivity (Wildman–Crippen MR) is 162 cm³/mol. The molecule has 5 rings (SSSR count). The van der Waals surface area contributed by atoms with E-state index in [4.69, 9.17) is 35.3 Å². The Morgan fingerprint density at radius 1 is 0.905 bits per heavy atom. The average molecular weight is 598 g/mol. The highest BCUT2D eigenvalue weighted by Crippen LogP contribution is 2.37. The second-order valence-corrected chi connectivity index (χ2v) is 11.6. The average Bonchev–Trinajstić information content (AvgIpc) is 3.03. The number of benzene rings is 3. The molecule has 2 heterocycles. The molecule has 0 amide bonds. The van der Waals surface area contributed by atoms with Gasteiger partial charge >= 0.3 is 0 Å². The monoisotopic (exact) mass is 597 g/mol. The molecule has 0 aliphatic carbocycles. The number of aliphatic hydroxyl groups excluding tert-OH is 2. The second kappa shape index (κ2) is 14.0. The molecule has 42 heavy (non-hydrogen) atoms. The molecule has 8 nitrogen and oxygen atoms in total. The van der Waals surface area contributed by atoms with Crippen LogP contribution >= 0.6 is 11.6 Å². The van der Waals surface area contributed by atoms with Crippen LogP contribution in [0.25, 0.3) is 11.1 Å². The summed E-state index contributed by atoms with van der Waals surface area (Å²) in [6.45, 7) is 7.27. The molecule has 0 saturated carbocycles. The molecule has 1 fully saturated rings. The van der Waals surface area contributed by atoms with Crippen LogP contribution in [0.5, 0.6) is 23.0 Å². The molecule has 0 radical (unpaired) electrons. The van der Waals surface area contributed by atoms with Gasteiger partial charge in [-0.25, -0.2) is 0 Å². The summed E-state index contributed by atoms with van der Waals surface area (Å²) in [5, 5.41) is 23.1. The number of hydrogen-bond donors (Lipinski definition) is 3. The van der Waals surface area contributed by atoms with E-state index in [1.54, 1.807) is 6.92 Å². The van der Waals surface area contributed by atoms with Gasteiger partial charge in [0.15, 0.2) is 11.5 Å². The molecule has 3 N–H and O–H groups in total. The minimum atomic E-state index is -0.834. The van der Waals surface area contributed by atoms with Gasteiger partial charge in [0.25, 0.3) is 0 Å². The highest BCUT2D eigenvalue weighted by molar-refractivity contribution is 6.32. The van der Waals surface area contributed by atoms with Gasteiger partial charge in [-0.3, -0.25) is 0 Å². The van der Waals surface area contributed by atoms with Crippen molar-refractivity contribution in [2.75, 3.05) is 46.2 Å². The summed E-state index contributed by atoms with van der Waals surface area (Å²) in [4.78, 5) is 0. The van der Waals surface area contributed by atoms with Crippen molar-refractivity contribution in [3.63, 3.8) is 0 Å². The van der Waals surface area contributed by atoms with Crippen molar-refractivity contribution in [2.24, 2.45) is 5.92 Å². The maximum atomic E-state index is 9.73. The van der Waals surface area contributed by atoms with Crippen molar-refractivity contribution < 1.29 is 33.9 Å². The van der Waals surface area contributed by atoms with Crippen molar-refractivity contribution >= 4 is 11.6 Å². The Morgan fingerprint density at radius 3 is 2.43 bits per heavy atom. The molecular formula is C33H40ClNO7. The predicted octanol–water partition coefficient (Wildman–Crippen LogP) is 5.30. The van der Waals surface area contributed by atoms with Gasteiger partial charge in [0.05, 0.1) is 30.4 Å². The lowest BCUT2D eigenvalue weighted by atomic mass is 9.96. The third kappa shape index (κ3) is 7.30. The molecule has 9 heteroatoms. The molecule has 2 aliphatic rings. The van der Waals surface area contributed by atoms with Crippen LogP contribution in [-0.4, -0.2) is 62.0 Å². The Hall–Kier alpha value is -3.01. The molecule has 0 aromatic heterocycles. The maximum Gasteiger partial charge on any atom is 0.161 e. The molecule has 1 saturated heterocycles. The standard InChI is InChI=1S/C33H40ClNO7/c1-22-25(4-3-5-27(22)24-6-7-29-32(15-24)40-13-12-39-29)19-42-31-16-30(41-18-23-8-10-38-11-9-23)26(14-28(31)34)17-35-33(2,20-36)21-37/h3-7,14-16,23,35-37H,8-13,17-21H2,1-2H3. The van der Waals surface area contributed by atoms with Crippen molar-refractivity contribution in [1.29, 1.82) is 0 Å². The fourth-order valence-corrected chi connectivity index (χ4v) is 5.31. The third-order valence-electron chi connectivity index (χ3n) is 8.02. The Bertz CT molecular complexity index is 1350. The quantitative estimate of drug-likeness (QED) is 0.259. The van der Waals surface area contributed by atoms with E-state index in [2.05, 4.69) is 24.4 Å². The Morgan fingerprint density at radius 2 is 1.67 bits per heavy atom. The van der Waals surface area contributed by atoms with Crippen LogP contribution < -0.4 is 24.3 Å². The number of ether oxygens (including phenoxy) is 5. The smallest absolute Gasteiger partial charge is 0.161 e. The molecule has 0 unspecified atom stereocenters. The number of fused-ring (bicyclic) bond motifs is 1. The summed E-state index contributed by atoms with van der Waals surface area (Å²) in [7, 11) is 0. The van der Waals surface area contributed by atoms with Crippen LogP contribution in [0, 0.1) is 12.8 Å². The number of nitrogens with one attached hydrogen (secondary N) is 1. The van der Waals surface area contributed by atoms with Gasteiger partial charge in [0.2, 0.25) is 0 Å². The lowest BCUT2D eigenvalue weighted by Crippen LogP contribution is -2.48. The highest BCUT2D eigenvalue weighted by atomic mass is 35.5. The SMILES string of the molecule is Cc1c(COc2cc(OCC3CCOCC3)c(CNC(C)(CO)CO)cc2Cl)cccc1-c1ccc2c(c1)OCCO2. The first-order valence-corrected chi connectivity index (χ1v) is 14.9. The first kappa shape index (κ1) is 30.4. The Balaban J connectivity index is 1.34. The van der Waals surface area contributed by atoms with E-state index in [9.17, 15) is 10.2 Å². The summed E-state index contributed by atoms with van der Waals surface area (Å²) >= 11 is 6.72. The molecule has 0 atom stereocenters. The van der Waals surface area contributed by atoms with Crippen LogP contribution in [0.4, 0.5) is 0 Å². The fraction of sp³-hybridized carbons (Fsp3) is 0.455. The lowest BCUT2D eigenvalue weighted by molar-refractivity contribution is 0.0494. The topological polar surface area (TPSA) is 98.6 Å². The number of hydrogen-bond acceptors (Lipinski definition) is 8. The van der Waals surface area contributed by atoms with Crippen molar-refractivity contribution in [3.05, 3.63) is 70.2 Å². The van der Waals surface area contributed by atoms with Crippen LogP contribution in [-0.2, 0) is 17.9 Å². The van der Waals surface area contributed by atoms with E-state index in [-0.39, 0.29) is 13.2 Å². The second-order valence-electron chi connectivity index (χ2n) is 11.2. The maximum absolute atomic E-state index is 9.73. The van der Waals surface area contributed by atoms with Crippen molar-refractivity contribution in [2.45, 2.75) is 45.4 Å². The molecule has 2 aliphatic heterocycles. The van der Waals surface area contributed by atoms with Crippen molar-refractivity contribution in [3.8, 4) is 34.1 Å². The van der Waals surface area contributed by atoms with Gasteiger partial charge in [0.1, 0.15) is 31.3 Å². The van der Waals surface area contributed by atoms with E-state index < -0.39 is 5.54 Å². The van der Waals surface area contributed by atoms with E-state index in [1.807, 2.05) is 36.4 Å². The number of halogens is 1. The van der Waals surface area contributed by atoms with Crippen LogP contribution in [0.3, 0.4) is 0 Å². The molecule has 3 aromatic rings. The van der Waals surface area contributed by atoms with Gasteiger partial charge in [0, 0.05) is 31.4 Å². The van der Waals surface area contributed by atoms with E-state index >= 15 is 0 Å². The third-order valence-corrected chi connectivity index (χ3v) is 8.31. The molecule has 3 aromatic carbocycles. The van der Waals surface area contributed by atoms with Crippen LogP contribution in [0.2, 0.25) is 5.02 Å². The normalized spacial score (nSPS) is 15.5. The summed E-state index contributed by atoms with van der Waals surface area (Å²) in [6.07, 6.45) is 1.91. The van der Waals surface area contributed by atoms with Crippen LogP contribution in [0.15, 0.2) is 48.5 Å². The molecule has 0 spiro atoms. The first-order valence-electron chi connectivity index (χ1n) is 14.5. The number of aliphatic hydroxyl groups is 2. The van der Waals surface area contributed by atoms with E-state index in [1.165, 1.54) is 0 Å². The zero-order valence-electron chi connectivity index (χ0n) is 24.3. The lowest BCUT2D eigenvalue weighted by Gasteiger charge is -2.27. The van der Waals surface area contributed by atoms with Gasteiger partial charge in [-0.15, -0.1) is 0 Å². The minimum absolute atomic E-state index is 0.207. The van der Waals surface area contributed by atoms with Gasteiger partial charge in [-0.05, 0) is 73.1 Å². The molecule has 0 bridgehead atoms. The number of rotatable bonds is 12. The first-order chi connectivity index (χ1) is 20.4. The largest absolute Gasteiger partial charge is 0.493 e. The zero-order valence-corrected chi connectivity index (χ0v) is 25.0. The van der Waals surface area contributed by atoms with E-state index in [0.29, 0.717) is 55.4 Å². The Kier molecular flexibility index (Phi) is 10.1. The minimum Gasteiger partial charge on any atom is -0.493 e. The molecular weight excluding hydrogens is 558 g/mol. The zero-order chi connectivity index (χ0) is 29.5. The van der Waals surface area contributed by atoms with E-state index in [0.717, 1.165) is 65.4 Å². The highest BCUT2D eigenvalue weighted by Gasteiger charge is 2.23. The summed E-state index contributed by atoms with van der Waals surface area (Å²) in [6, 6.07) is 15.9. The van der Waals surface area contributed by atoms with Crippen LogP contribution in [0.1, 0.15) is 36.5 Å².